The normalized spacial score (nSPS) is 23.9. The average Bonchev–Trinajstić information content (AvgIpc) is 3.11. The van der Waals surface area contributed by atoms with E-state index in [1.165, 1.54) is 9.80 Å². The second-order valence-electron chi connectivity index (χ2n) is 5.94. The van der Waals surface area contributed by atoms with Gasteiger partial charge < -0.3 is 9.80 Å². The summed E-state index contributed by atoms with van der Waals surface area (Å²) in [6.45, 7) is 0.447. The average molecular weight is 369 g/mol. The SMILES string of the molecule is O=C(Cl)[C@H]1CC(=O)N(c2cccc(N3C[C@@H](C(=O)Cl)CC3=O)c2)C1. The zero-order valence-corrected chi connectivity index (χ0v) is 14.1. The van der Waals surface area contributed by atoms with Crippen molar-refractivity contribution in [3.63, 3.8) is 0 Å². The molecule has 2 aliphatic heterocycles. The van der Waals surface area contributed by atoms with Gasteiger partial charge in [-0.1, -0.05) is 6.07 Å². The van der Waals surface area contributed by atoms with Crippen molar-refractivity contribution < 1.29 is 19.2 Å². The molecule has 2 fully saturated rings. The van der Waals surface area contributed by atoms with E-state index in [0.717, 1.165) is 0 Å². The summed E-state index contributed by atoms with van der Waals surface area (Å²) < 4.78 is 0. The summed E-state index contributed by atoms with van der Waals surface area (Å²) in [5, 5.41) is -1.06. The number of amides is 2. The van der Waals surface area contributed by atoms with Gasteiger partial charge in [0.1, 0.15) is 0 Å². The highest BCUT2D eigenvalue weighted by Crippen LogP contribution is 2.32. The quantitative estimate of drug-likeness (QED) is 0.760. The fourth-order valence-electron chi connectivity index (χ4n) is 3.05. The maximum absolute atomic E-state index is 12.1. The predicted molar refractivity (Wildman–Crippen MR) is 89.1 cm³/mol. The molecule has 0 N–H and O–H groups in total. The molecule has 1 aromatic carbocycles. The Morgan fingerprint density at radius 2 is 1.29 bits per heavy atom. The van der Waals surface area contributed by atoms with Crippen LogP contribution in [0.3, 0.4) is 0 Å². The van der Waals surface area contributed by atoms with E-state index in [1.54, 1.807) is 24.3 Å². The first-order valence-corrected chi connectivity index (χ1v) is 8.22. The van der Waals surface area contributed by atoms with E-state index in [0.29, 0.717) is 11.4 Å². The molecule has 1 aromatic rings. The lowest BCUT2D eigenvalue weighted by molar-refractivity contribution is -0.120. The van der Waals surface area contributed by atoms with Gasteiger partial charge in [-0.2, -0.15) is 0 Å². The molecule has 2 amide bonds. The van der Waals surface area contributed by atoms with Crippen molar-refractivity contribution in [3.05, 3.63) is 24.3 Å². The number of benzene rings is 1. The zero-order valence-electron chi connectivity index (χ0n) is 12.6. The van der Waals surface area contributed by atoms with Gasteiger partial charge in [0.05, 0.1) is 11.8 Å². The van der Waals surface area contributed by atoms with Gasteiger partial charge in [0.2, 0.25) is 22.3 Å². The summed E-state index contributed by atoms with van der Waals surface area (Å²) in [6, 6.07) is 6.87. The van der Waals surface area contributed by atoms with E-state index >= 15 is 0 Å². The first-order valence-electron chi connectivity index (χ1n) is 7.46. The Bertz CT molecular complexity index is 679. The van der Waals surface area contributed by atoms with Crippen LogP contribution in [0.25, 0.3) is 0 Å². The third kappa shape index (κ3) is 3.16. The molecule has 2 atom stereocenters. The van der Waals surface area contributed by atoms with Crippen molar-refractivity contribution in [2.24, 2.45) is 11.8 Å². The second kappa shape index (κ2) is 6.53. The van der Waals surface area contributed by atoms with Crippen LogP contribution in [-0.2, 0) is 19.2 Å². The lowest BCUT2D eigenvalue weighted by atomic mass is 10.1. The van der Waals surface area contributed by atoms with E-state index in [-0.39, 0.29) is 37.7 Å². The van der Waals surface area contributed by atoms with Crippen LogP contribution in [0.5, 0.6) is 0 Å². The lowest BCUT2D eigenvalue weighted by Gasteiger charge is -2.21. The number of anilines is 2. The molecule has 0 saturated carbocycles. The minimum absolute atomic E-state index is 0.0814. The van der Waals surface area contributed by atoms with E-state index in [4.69, 9.17) is 23.2 Å². The summed E-state index contributed by atoms with van der Waals surface area (Å²) in [5.74, 6) is -1.41. The minimum atomic E-state index is -0.528. The van der Waals surface area contributed by atoms with Crippen LogP contribution in [0, 0.1) is 11.8 Å². The van der Waals surface area contributed by atoms with E-state index in [1.807, 2.05) is 0 Å². The fourth-order valence-corrected chi connectivity index (χ4v) is 3.34. The van der Waals surface area contributed by atoms with Crippen molar-refractivity contribution in [1.29, 1.82) is 0 Å². The third-order valence-electron chi connectivity index (χ3n) is 4.35. The Labute approximate surface area is 148 Å². The second-order valence-corrected chi connectivity index (χ2v) is 6.68. The van der Waals surface area contributed by atoms with Gasteiger partial charge in [-0.25, -0.2) is 0 Å². The molecule has 0 spiro atoms. The van der Waals surface area contributed by atoms with Crippen LogP contribution < -0.4 is 9.80 Å². The van der Waals surface area contributed by atoms with Gasteiger partial charge in [-0.3, -0.25) is 19.2 Å². The number of rotatable bonds is 4. The number of halogens is 2. The zero-order chi connectivity index (χ0) is 17.4. The highest BCUT2D eigenvalue weighted by molar-refractivity contribution is 6.64. The molecule has 0 unspecified atom stereocenters. The van der Waals surface area contributed by atoms with Crippen LogP contribution in [0.1, 0.15) is 12.8 Å². The highest BCUT2D eigenvalue weighted by atomic mass is 35.5. The first kappa shape index (κ1) is 16.9. The third-order valence-corrected chi connectivity index (χ3v) is 4.96. The Balaban J connectivity index is 1.83. The van der Waals surface area contributed by atoms with Crippen LogP contribution >= 0.6 is 23.2 Å². The molecule has 3 rings (SSSR count). The molecule has 0 aromatic heterocycles. The molecule has 0 bridgehead atoms. The number of hydrogen-bond acceptors (Lipinski definition) is 4. The Hall–Kier alpha value is -1.92. The largest absolute Gasteiger partial charge is 0.312 e. The number of hydrogen-bond donors (Lipinski definition) is 0. The molecule has 2 heterocycles. The summed E-state index contributed by atoms with van der Waals surface area (Å²) in [5.41, 5.74) is 1.18. The molecular formula is C16H14Cl2N2O4. The van der Waals surface area contributed by atoms with Crippen molar-refractivity contribution in [3.8, 4) is 0 Å². The summed E-state index contributed by atoms with van der Waals surface area (Å²) >= 11 is 11.0. The summed E-state index contributed by atoms with van der Waals surface area (Å²) in [6.07, 6.45) is 0.163. The molecule has 0 aliphatic carbocycles. The van der Waals surface area contributed by atoms with Crippen LogP contribution in [-0.4, -0.2) is 35.4 Å². The van der Waals surface area contributed by atoms with Gasteiger partial charge in [0.15, 0.2) is 0 Å². The van der Waals surface area contributed by atoms with Gasteiger partial charge in [0.25, 0.3) is 0 Å². The van der Waals surface area contributed by atoms with Crippen molar-refractivity contribution in [1.82, 2.24) is 0 Å². The predicted octanol–water partition coefficient (Wildman–Crippen LogP) is 1.92. The topological polar surface area (TPSA) is 74.8 Å². The molecule has 126 valence electrons. The first-order chi connectivity index (χ1) is 11.4. The molecule has 0 radical (unpaired) electrons. The fraction of sp³-hybridized carbons (Fsp3) is 0.375. The molecule has 8 heteroatoms. The number of carbonyl (C=O) groups excluding carboxylic acids is 4. The molecule has 6 nitrogen and oxygen atoms in total. The van der Waals surface area contributed by atoms with Gasteiger partial charge in [-0.05, 0) is 41.4 Å². The van der Waals surface area contributed by atoms with Gasteiger partial charge in [-0.15, -0.1) is 0 Å². The Morgan fingerprint density at radius 3 is 1.62 bits per heavy atom. The van der Waals surface area contributed by atoms with Crippen LogP contribution in [0.4, 0.5) is 11.4 Å². The highest BCUT2D eigenvalue weighted by Gasteiger charge is 2.36. The molecule has 24 heavy (non-hydrogen) atoms. The number of carbonyl (C=O) groups is 4. The Kier molecular flexibility index (Phi) is 4.60. The molecular weight excluding hydrogens is 355 g/mol. The summed E-state index contributed by atoms with van der Waals surface area (Å²) in [7, 11) is 0. The van der Waals surface area contributed by atoms with Crippen molar-refractivity contribution in [2.45, 2.75) is 12.8 Å². The van der Waals surface area contributed by atoms with Crippen molar-refractivity contribution >= 4 is 56.9 Å². The maximum atomic E-state index is 12.1. The monoisotopic (exact) mass is 368 g/mol. The lowest BCUT2D eigenvalue weighted by Crippen LogP contribution is -2.27. The van der Waals surface area contributed by atoms with E-state index in [9.17, 15) is 19.2 Å². The number of nitrogens with zero attached hydrogens (tertiary/aromatic N) is 2. The standard InChI is InChI=1S/C16H14Cl2N2O4/c17-15(23)9-4-13(21)19(7-9)11-2-1-3-12(6-11)20-8-10(16(18)24)5-14(20)22/h1-3,6,9-10H,4-5,7-8H2/t9-,10-/m0/s1. The van der Waals surface area contributed by atoms with Gasteiger partial charge >= 0.3 is 0 Å². The van der Waals surface area contributed by atoms with Crippen LogP contribution in [0.15, 0.2) is 24.3 Å². The smallest absolute Gasteiger partial charge is 0.227 e. The van der Waals surface area contributed by atoms with Crippen LogP contribution in [0.2, 0.25) is 0 Å². The van der Waals surface area contributed by atoms with Crippen molar-refractivity contribution in [2.75, 3.05) is 22.9 Å². The Morgan fingerprint density at radius 1 is 0.875 bits per heavy atom. The molecule has 2 aliphatic rings. The van der Waals surface area contributed by atoms with E-state index in [2.05, 4.69) is 0 Å². The maximum Gasteiger partial charge on any atom is 0.227 e. The summed E-state index contributed by atoms with van der Waals surface area (Å²) in [4.78, 5) is 49.7. The van der Waals surface area contributed by atoms with E-state index < -0.39 is 22.3 Å². The van der Waals surface area contributed by atoms with Gasteiger partial charge in [0, 0.05) is 37.3 Å². The minimum Gasteiger partial charge on any atom is -0.312 e. The molecule has 2 saturated heterocycles.